The van der Waals surface area contributed by atoms with Crippen LogP contribution in [0.4, 0.5) is 0 Å². The van der Waals surface area contributed by atoms with Gasteiger partial charge in [0, 0.05) is 34.2 Å². The molecule has 1 amide bonds. The van der Waals surface area contributed by atoms with E-state index in [0.717, 1.165) is 37.0 Å². The molecule has 1 aromatic rings. The number of hydrogen-bond donors (Lipinski definition) is 2. The Hall–Kier alpha value is -1.55. The molecule has 1 aromatic carbocycles. The topological polar surface area (TPSA) is 69.2 Å². The van der Waals surface area contributed by atoms with E-state index in [2.05, 4.69) is 27.4 Å². The van der Waals surface area contributed by atoms with Gasteiger partial charge < -0.3 is 25.2 Å². The average Bonchev–Trinajstić information content (AvgIpc) is 2.73. The number of carbonyl (C=O) groups is 1. The molecule has 7 nitrogen and oxygen atoms in total. The summed E-state index contributed by atoms with van der Waals surface area (Å²) in [7, 11) is 5.23. The van der Waals surface area contributed by atoms with Crippen LogP contribution in [-0.2, 0) is 11.3 Å². The highest BCUT2D eigenvalue weighted by Crippen LogP contribution is 2.16. The van der Waals surface area contributed by atoms with Gasteiger partial charge in [0.2, 0.25) is 0 Å². The summed E-state index contributed by atoms with van der Waals surface area (Å²) >= 11 is 0. The van der Waals surface area contributed by atoms with Gasteiger partial charge >= 0.3 is 0 Å². The van der Waals surface area contributed by atoms with Crippen LogP contribution >= 0.6 is 24.0 Å². The summed E-state index contributed by atoms with van der Waals surface area (Å²) in [5.41, 5.74) is 1.07. The van der Waals surface area contributed by atoms with E-state index in [1.807, 2.05) is 24.3 Å². The number of halogens is 1. The maximum Gasteiger partial charge on any atom is 0.259 e. The van der Waals surface area contributed by atoms with Gasteiger partial charge in [0.15, 0.2) is 12.6 Å². The van der Waals surface area contributed by atoms with Crippen molar-refractivity contribution in [1.29, 1.82) is 0 Å². The maximum atomic E-state index is 11.7. The lowest BCUT2D eigenvalue weighted by Gasteiger charge is -2.30. The molecule has 0 aromatic heterocycles. The Morgan fingerprint density at radius 2 is 2.00 bits per heavy atom. The van der Waals surface area contributed by atoms with Gasteiger partial charge in [-0.25, -0.2) is 0 Å². The summed E-state index contributed by atoms with van der Waals surface area (Å²) in [4.78, 5) is 20.0. The maximum absolute atomic E-state index is 11.7. The molecule has 170 valence electrons. The number of piperidine rings is 1. The van der Waals surface area contributed by atoms with Gasteiger partial charge in [-0.2, -0.15) is 0 Å². The van der Waals surface area contributed by atoms with Crippen molar-refractivity contribution >= 4 is 35.8 Å². The molecule has 0 aliphatic carbocycles. The van der Waals surface area contributed by atoms with Crippen molar-refractivity contribution in [2.24, 2.45) is 10.9 Å². The minimum Gasteiger partial charge on any atom is -0.484 e. The third-order valence-electron chi connectivity index (χ3n) is 5.26. The Labute approximate surface area is 198 Å². The molecule has 0 spiro atoms. The van der Waals surface area contributed by atoms with Gasteiger partial charge in [0.1, 0.15) is 5.75 Å². The summed E-state index contributed by atoms with van der Waals surface area (Å²) in [5, 5.41) is 6.72. The lowest BCUT2D eigenvalue weighted by atomic mass is 9.99. The first-order valence-corrected chi connectivity index (χ1v) is 10.6. The van der Waals surface area contributed by atoms with Crippen LogP contribution < -0.4 is 15.4 Å². The molecule has 2 rings (SSSR count). The van der Waals surface area contributed by atoms with Gasteiger partial charge in [-0.3, -0.25) is 9.79 Å². The Kier molecular flexibility index (Phi) is 12.8. The first-order valence-electron chi connectivity index (χ1n) is 10.6. The fourth-order valence-electron chi connectivity index (χ4n) is 3.22. The molecule has 30 heavy (non-hydrogen) atoms. The Morgan fingerprint density at radius 1 is 1.27 bits per heavy atom. The third-order valence-corrected chi connectivity index (χ3v) is 5.26. The molecule has 2 N–H and O–H groups in total. The number of amides is 1. The quantitative estimate of drug-likeness (QED) is 0.222. The highest BCUT2D eigenvalue weighted by molar-refractivity contribution is 14.0. The van der Waals surface area contributed by atoms with E-state index in [9.17, 15) is 4.79 Å². The zero-order valence-electron chi connectivity index (χ0n) is 18.8. The standard InChI is InChI=1S/C22H37N5O2.HI/c1-18-9-13-27(14-10-18)12-6-11-24-22(23-2)25-16-19-7-5-8-20(15-19)29-17-21(28)26(3)4;/h5,7-8,15,18H,6,9-14,16-17H2,1-4H3,(H2,23,24,25);1H. The van der Waals surface area contributed by atoms with Crippen molar-refractivity contribution < 1.29 is 9.53 Å². The lowest BCUT2D eigenvalue weighted by Crippen LogP contribution is -2.39. The highest BCUT2D eigenvalue weighted by atomic mass is 127. The van der Waals surface area contributed by atoms with E-state index < -0.39 is 0 Å². The predicted octanol–water partition coefficient (Wildman–Crippen LogP) is 2.56. The average molecular weight is 531 g/mol. The van der Waals surface area contributed by atoms with Gasteiger partial charge in [0.25, 0.3) is 5.91 Å². The molecule has 0 atom stereocenters. The Morgan fingerprint density at radius 3 is 2.67 bits per heavy atom. The number of likely N-dealkylation sites (tertiary alicyclic amines) is 1. The molecule has 1 aliphatic rings. The largest absolute Gasteiger partial charge is 0.484 e. The van der Waals surface area contributed by atoms with Crippen molar-refractivity contribution in [1.82, 2.24) is 20.4 Å². The fraction of sp³-hybridized carbons (Fsp3) is 0.636. The molecule has 1 fully saturated rings. The van der Waals surface area contributed by atoms with Crippen molar-refractivity contribution in [3.05, 3.63) is 29.8 Å². The molecule has 8 heteroatoms. The summed E-state index contributed by atoms with van der Waals surface area (Å²) < 4.78 is 5.58. The van der Waals surface area contributed by atoms with Crippen LogP contribution in [0.2, 0.25) is 0 Å². The van der Waals surface area contributed by atoms with Crippen LogP contribution in [-0.4, -0.2) is 75.6 Å². The fourth-order valence-corrected chi connectivity index (χ4v) is 3.22. The summed E-state index contributed by atoms with van der Waals surface area (Å²) in [6.45, 7) is 7.54. The summed E-state index contributed by atoms with van der Waals surface area (Å²) in [5.74, 6) is 2.31. The predicted molar refractivity (Wildman–Crippen MR) is 134 cm³/mol. The Balaban J connectivity index is 0.00000450. The van der Waals surface area contributed by atoms with Crippen molar-refractivity contribution in [3.63, 3.8) is 0 Å². The number of likely N-dealkylation sites (N-methyl/N-ethyl adjacent to an activating group) is 1. The van der Waals surface area contributed by atoms with Crippen LogP contribution in [0.1, 0.15) is 31.7 Å². The molecular weight excluding hydrogens is 493 g/mol. The first-order chi connectivity index (χ1) is 14.0. The number of carbonyl (C=O) groups excluding carboxylic acids is 1. The number of nitrogens with one attached hydrogen (secondary N) is 2. The van der Waals surface area contributed by atoms with Gasteiger partial charge in [-0.15, -0.1) is 24.0 Å². The number of aliphatic imine (C=N–C) groups is 1. The number of nitrogens with zero attached hydrogens (tertiary/aromatic N) is 3. The lowest BCUT2D eigenvalue weighted by molar-refractivity contribution is -0.130. The van der Waals surface area contributed by atoms with E-state index in [4.69, 9.17) is 4.74 Å². The van der Waals surface area contributed by atoms with Crippen molar-refractivity contribution in [3.8, 4) is 5.75 Å². The van der Waals surface area contributed by atoms with Gasteiger partial charge in [-0.1, -0.05) is 19.1 Å². The van der Waals surface area contributed by atoms with Crippen LogP contribution in [0.25, 0.3) is 0 Å². The molecule has 0 saturated carbocycles. The molecule has 1 saturated heterocycles. The van der Waals surface area contributed by atoms with Gasteiger partial charge in [-0.05, 0) is 62.5 Å². The number of hydrogen-bond acceptors (Lipinski definition) is 4. The summed E-state index contributed by atoms with van der Waals surface area (Å²) in [6, 6.07) is 7.77. The Bertz CT molecular complexity index is 661. The van der Waals surface area contributed by atoms with E-state index in [1.165, 1.54) is 30.8 Å². The van der Waals surface area contributed by atoms with E-state index in [-0.39, 0.29) is 36.5 Å². The first kappa shape index (κ1) is 26.5. The van der Waals surface area contributed by atoms with E-state index in [1.54, 1.807) is 21.1 Å². The number of rotatable bonds is 9. The SMILES string of the molecule is CN=C(NCCCN1CCC(C)CC1)NCc1cccc(OCC(=O)N(C)C)c1.I. The molecule has 0 unspecified atom stereocenters. The normalized spacial score (nSPS) is 15.3. The molecule has 0 radical (unpaired) electrons. The monoisotopic (exact) mass is 531 g/mol. The molecule has 0 bridgehead atoms. The second kappa shape index (κ2) is 14.5. The third kappa shape index (κ3) is 9.97. The van der Waals surface area contributed by atoms with Crippen molar-refractivity contribution in [2.45, 2.75) is 32.7 Å². The second-order valence-electron chi connectivity index (χ2n) is 7.95. The van der Waals surface area contributed by atoms with E-state index in [0.29, 0.717) is 12.3 Å². The smallest absolute Gasteiger partial charge is 0.259 e. The van der Waals surface area contributed by atoms with Gasteiger partial charge in [0.05, 0.1) is 0 Å². The molecule has 1 heterocycles. The zero-order chi connectivity index (χ0) is 21.1. The van der Waals surface area contributed by atoms with Crippen LogP contribution in [0, 0.1) is 5.92 Å². The second-order valence-corrected chi connectivity index (χ2v) is 7.95. The minimum absolute atomic E-state index is 0. The molecule has 1 aliphatic heterocycles. The minimum atomic E-state index is -0.0582. The summed E-state index contributed by atoms with van der Waals surface area (Å²) in [6.07, 6.45) is 3.75. The number of benzene rings is 1. The number of guanidine groups is 1. The van der Waals surface area contributed by atoms with Crippen LogP contribution in [0.3, 0.4) is 0 Å². The van der Waals surface area contributed by atoms with Crippen molar-refractivity contribution in [2.75, 3.05) is 53.9 Å². The zero-order valence-corrected chi connectivity index (χ0v) is 21.1. The van der Waals surface area contributed by atoms with Crippen LogP contribution in [0.5, 0.6) is 5.75 Å². The molecular formula is C22H38IN5O2. The highest BCUT2D eigenvalue weighted by Gasteiger charge is 2.14. The van der Waals surface area contributed by atoms with E-state index >= 15 is 0 Å². The number of ether oxygens (including phenoxy) is 1. The van der Waals surface area contributed by atoms with Crippen LogP contribution in [0.15, 0.2) is 29.3 Å².